The Balaban J connectivity index is 1.34. The maximum Gasteiger partial charge on any atom is 0.309 e. The highest BCUT2D eigenvalue weighted by atomic mass is 32.2. The molecule has 9 heteroatoms. The van der Waals surface area contributed by atoms with Crippen LogP contribution in [0.25, 0.3) is 20.8 Å². The molecule has 3 heterocycles. The number of hydrogen-bond donors (Lipinski definition) is 1. The molecule has 31 heavy (non-hydrogen) atoms. The molecule has 0 bridgehead atoms. The molecule has 0 atom stereocenters. The molecule has 2 aromatic carbocycles. The number of nitrogens with zero attached hydrogens (tertiary/aromatic N) is 3. The second-order valence-electron chi connectivity index (χ2n) is 7.85. The number of carbonyl (C=O) groups excluding carboxylic acids is 1. The van der Waals surface area contributed by atoms with Crippen molar-refractivity contribution in [3.05, 3.63) is 53.3 Å². The van der Waals surface area contributed by atoms with Crippen molar-refractivity contribution in [2.75, 3.05) is 31.3 Å². The van der Waals surface area contributed by atoms with Gasteiger partial charge in [0.05, 0.1) is 22.0 Å². The van der Waals surface area contributed by atoms with Gasteiger partial charge in [-0.05, 0) is 35.9 Å². The highest BCUT2D eigenvalue weighted by Crippen LogP contribution is 2.33. The fourth-order valence-corrected chi connectivity index (χ4v) is 5.85. The van der Waals surface area contributed by atoms with Crippen LogP contribution in [0.5, 0.6) is 0 Å². The van der Waals surface area contributed by atoms with E-state index in [2.05, 4.69) is 4.98 Å². The molecule has 0 spiro atoms. The summed E-state index contributed by atoms with van der Waals surface area (Å²) in [5.41, 5.74) is 2.62. The van der Waals surface area contributed by atoms with Gasteiger partial charge in [0.1, 0.15) is 10.8 Å². The number of hydrogen-bond acceptors (Lipinski definition) is 6. The van der Waals surface area contributed by atoms with Crippen molar-refractivity contribution >= 4 is 45.2 Å². The van der Waals surface area contributed by atoms with E-state index in [9.17, 15) is 14.0 Å². The van der Waals surface area contributed by atoms with Gasteiger partial charge in [0.25, 0.3) is 5.91 Å². The Morgan fingerprint density at radius 2 is 2.03 bits per heavy atom. The van der Waals surface area contributed by atoms with Crippen molar-refractivity contribution in [2.45, 2.75) is 6.54 Å². The van der Waals surface area contributed by atoms with E-state index in [-0.39, 0.29) is 17.6 Å². The first-order valence-corrected chi connectivity index (χ1v) is 12.0. The van der Waals surface area contributed by atoms with Crippen LogP contribution in [-0.4, -0.2) is 63.0 Å². The van der Waals surface area contributed by atoms with Crippen LogP contribution in [0.3, 0.4) is 0 Å². The van der Waals surface area contributed by atoms with E-state index in [0.29, 0.717) is 35.8 Å². The summed E-state index contributed by atoms with van der Waals surface area (Å²) in [5.74, 6) is 0.249. The van der Waals surface area contributed by atoms with E-state index >= 15 is 0 Å². The number of carboxylic acids is 1. The van der Waals surface area contributed by atoms with Crippen molar-refractivity contribution in [1.29, 1.82) is 0 Å². The van der Waals surface area contributed by atoms with Crippen LogP contribution in [0.2, 0.25) is 0 Å². The van der Waals surface area contributed by atoms with Crippen LogP contribution < -0.4 is 0 Å². The predicted molar refractivity (Wildman–Crippen MR) is 120 cm³/mol. The lowest BCUT2D eigenvalue weighted by Gasteiger charge is -2.36. The molecule has 0 aliphatic carbocycles. The zero-order valence-electron chi connectivity index (χ0n) is 16.6. The second kappa shape index (κ2) is 8.22. The molecule has 3 aromatic rings. The van der Waals surface area contributed by atoms with E-state index in [4.69, 9.17) is 5.11 Å². The number of likely N-dealkylation sites (tertiary alicyclic amines) is 1. The fraction of sp³-hybridized carbons (Fsp3) is 0.318. The van der Waals surface area contributed by atoms with Gasteiger partial charge in [0.15, 0.2) is 0 Å². The van der Waals surface area contributed by atoms with Crippen molar-refractivity contribution in [3.63, 3.8) is 0 Å². The van der Waals surface area contributed by atoms with Gasteiger partial charge in [-0.2, -0.15) is 0 Å². The number of amides is 1. The van der Waals surface area contributed by atoms with Gasteiger partial charge < -0.3 is 10.0 Å². The topological polar surface area (TPSA) is 73.7 Å². The lowest BCUT2D eigenvalue weighted by molar-refractivity contribution is -0.147. The van der Waals surface area contributed by atoms with Gasteiger partial charge in [-0.25, -0.2) is 9.37 Å². The lowest BCUT2D eigenvalue weighted by Crippen LogP contribution is -2.49. The second-order valence-corrected chi connectivity index (χ2v) is 9.96. The van der Waals surface area contributed by atoms with E-state index in [1.807, 2.05) is 28.0 Å². The summed E-state index contributed by atoms with van der Waals surface area (Å²) in [7, 11) is 0. The van der Waals surface area contributed by atoms with E-state index < -0.39 is 5.97 Å². The van der Waals surface area contributed by atoms with Crippen LogP contribution in [0, 0.1) is 11.7 Å². The molecule has 2 fully saturated rings. The average Bonchev–Trinajstić information content (AvgIpc) is 3.38. The maximum atomic E-state index is 14.8. The molecule has 1 aromatic heterocycles. The Labute approximate surface area is 186 Å². The molecule has 2 saturated heterocycles. The molecule has 6 nitrogen and oxygen atoms in total. The standard InChI is InChI=1S/C22H20FN3O3S2/c23-17-7-13(9-25-10-15(11-25)22(28)29)1-3-16(17)20-24-18-4-2-14(8-19(18)31-20)21(27)26-5-6-30-12-26/h1-4,7-8,15H,5-6,9-12H2,(H,28,29). The van der Waals surface area contributed by atoms with Crippen LogP contribution in [-0.2, 0) is 11.3 Å². The van der Waals surface area contributed by atoms with E-state index in [1.54, 1.807) is 23.9 Å². The van der Waals surface area contributed by atoms with E-state index in [0.717, 1.165) is 34.0 Å². The molecule has 0 unspecified atom stereocenters. The highest BCUT2D eigenvalue weighted by molar-refractivity contribution is 7.99. The fourth-order valence-electron chi connectivity index (χ4n) is 3.87. The Bertz CT molecular complexity index is 1170. The van der Waals surface area contributed by atoms with Gasteiger partial charge >= 0.3 is 5.97 Å². The number of halogens is 1. The van der Waals surface area contributed by atoms with E-state index in [1.165, 1.54) is 17.4 Å². The number of aromatic nitrogens is 1. The number of carbonyl (C=O) groups is 2. The maximum absolute atomic E-state index is 14.8. The first kappa shape index (κ1) is 20.4. The minimum absolute atomic E-state index is 0.0218. The molecule has 5 rings (SSSR count). The Hall–Kier alpha value is -2.49. The zero-order valence-corrected chi connectivity index (χ0v) is 18.2. The molecular weight excluding hydrogens is 437 g/mol. The molecule has 1 N–H and O–H groups in total. The Morgan fingerprint density at radius 3 is 2.74 bits per heavy atom. The first-order chi connectivity index (χ1) is 15.0. The number of fused-ring (bicyclic) bond motifs is 1. The third kappa shape index (κ3) is 4.05. The van der Waals surface area contributed by atoms with Crippen LogP contribution in [0.1, 0.15) is 15.9 Å². The molecule has 1 amide bonds. The van der Waals surface area contributed by atoms with Gasteiger partial charge in [-0.15, -0.1) is 23.1 Å². The molecule has 160 valence electrons. The third-order valence-electron chi connectivity index (χ3n) is 5.65. The van der Waals surface area contributed by atoms with Crippen LogP contribution >= 0.6 is 23.1 Å². The molecule has 0 saturated carbocycles. The number of rotatable bonds is 5. The van der Waals surface area contributed by atoms with Crippen molar-refractivity contribution < 1.29 is 19.1 Å². The van der Waals surface area contributed by atoms with Crippen molar-refractivity contribution in [2.24, 2.45) is 5.92 Å². The third-order valence-corrected chi connectivity index (χ3v) is 7.67. The number of benzene rings is 2. The quantitative estimate of drug-likeness (QED) is 0.629. The monoisotopic (exact) mass is 457 g/mol. The van der Waals surface area contributed by atoms with Gasteiger partial charge in [0, 0.05) is 43.1 Å². The van der Waals surface area contributed by atoms with Crippen LogP contribution in [0.15, 0.2) is 36.4 Å². The SMILES string of the molecule is O=C(O)C1CN(Cc2ccc(-c3nc4ccc(C(=O)N5CCSC5)cc4s3)c(F)c2)C1. The lowest BCUT2D eigenvalue weighted by atomic mass is 9.99. The number of aliphatic carboxylic acids is 1. The summed E-state index contributed by atoms with van der Waals surface area (Å²) in [5, 5.41) is 9.55. The Kier molecular flexibility index (Phi) is 5.41. The van der Waals surface area contributed by atoms with Crippen molar-refractivity contribution in [1.82, 2.24) is 14.8 Å². The van der Waals surface area contributed by atoms with Crippen molar-refractivity contribution in [3.8, 4) is 10.6 Å². The van der Waals surface area contributed by atoms with Gasteiger partial charge in [0.2, 0.25) is 0 Å². The summed E-state index contributed by atoms with van der Waals surface area (Å²) in [6, 6.07) is 10.5. The van der Waals surface area contributed by atoms with Gasteiger partial charge in [-0.3, -0.25) is 14.5 Å². The van der Waals surface area contributed by atoms with Crippen LogP contribution in [0.4, 0.5) is 4.39 Å². The highest BCUT2D eigenvalue weighted by Gasteiger charge is 2.32. The molecular formula is C22H20FN3O3S2. The first-order valence-electron chi connectivity index (χ1n) is 9.99. The minimum atomic E-state index is -0.780. The number of thiazole rings is 1. The summed E-state index contributed by atoms with van der Waals surface area (Å²) in [6.07, 6.45) is 0. The normalized spacial score (nSPS) is 17.3. The smallest absolute Gasteiger partial charge is 0.309 e. The number of carboxylic acid groups (broad SMARTS) is 1. The molecule has 2 aliphatic heterocycles. The summed E-state index contributed by atoms with van der Waals surface area (Å²) >= 11 is 3.12. The summed E-state index contributed by atoms with van der Waals surface area (Å²) in [4.78, 5) is 31.9. The summed E-state index contributed by atoms with van der Waals surface area (Å²) in [6.45, 7) is 2.28. The zero-order chi connectivity index (χ0) is 21.5. The average molecular weight is 458 g/mol. The Morgan fingerprint density at radius 1 is 1.19 bits per heavy atom. The largest absolute Gasteiger partial charge is 0.481 e. The minimum Gasteiger partial charge on any atom is -0.481 e. The predicted octanol–water partition coefficient (Wildman–Crippen LogP) is 3.77. The molecule has 2 aliphatic rings. The van der Waals surface area contributed by atoms with Gasteiger partial charge in [-0.1, -0.05) is 6.07 Å². The summed E-state index contributed by atoms with van der Waals surface area (Å²) < 4.78 is 15.7. The molecule has 0 radical (unpaired) electrons. The number of thioether (sulfide) groups is 1.